The van der Waals surface area contributed by atoms with Crippen molar-refractivity contribution in [3.63, 3.8) is 0 Å². The van der Waals surface area contributed by atoms with Crippen LogP contribution in [0.1, 0.15) is 23.4 Å². The summed E-state index contributed by atoms with van der Waals surface area (Å²) in [4.78, 5) is 15.3. The summed E-state index contributed by atoms with van der Waals surface area (Å²) in [6.07, 6.45) is -3.74. The van der Waals surface area contributed by atoms with E-state index in [1.54, 1.807) is 36.4 Å². The maximum absolute atomic E-state index is 12.5. The SMILES string of the molecule is O=C(CCc1ccc(Cl)cc1)NCc1ccc(-c2noc(C(F)(F)F)n2)cc1. The van der Waals surface area contributed by atoms with Gasteiger partial charge < -0.3 is 9.84 Å². The highest BCUT2D eigenvalue weighted by molar-refractivity contribution is 6.30. The Bertz CT molecular complexity index is 938. The minimum absolute atomic E-state index is 0.105. The topological polar surface area (TPSA) is 68.0 Å². The van der Waals surface area contributed by atoms with Gasteiger partial charge in [0.2, 0.25) is 11.7 Å². The van der Waals surface area contributed by atoms with Crippen LogP contribution in [-0.4, -0.2) is 16.0 Å². The summed E-state index contributed by atoms with van der Waals surface area (Å²) in [5.41, 5.74) is 2.20. The Kier molecular flexibility index (Phi) is 5.99. The fourth-order valence-electron chi connectivity index (χ4n) is 2.43. The minimum atomic E-state index is -4.68. The third-order valence-corrected chi connectivity index (χ3v) is 4.18. The summed E-state index contributed by atoms with van der Waals surface area (Å²) < 4.78 is 41.7. The fraction of sp³-hybridized carbons (Fsp3) is 0.211. The van der Waals surface area contributed by atoms with Gasteiger partial charge in [-0.25, -0.2) is 0 Å². The average molecular weight is 410 g/mol. The Morgan fingerprint density at radius 3 is 2.29 bits per heavy atom. The molecule has 0 unspecified atom stereocenters. The molecule has 0 bridgehead atoms. The second-order valence-electron chi connectivity index (χ2n) is 6.02. The second-order valence-corrected chi connectivity index (χ2v) is 6.46. The molecule has 1 amide bonds. The van der Waals surface area contributed by atoms with E-state index in [-0.39, 0.29) is 11.7 Å². The molecule has 0 aliphatic rings. The molecule has 3 rings (SSSR count). The molecule has 5 nitrogen and oxygen atoms in total. The molecular formula is C19H15ClF3N3O2. The zero-order valence-electron chi connectivity index (χ0n) is 14.5. The lowest BCUT2D eigenvalue weighted by Gasteiger charge is -2.06. The lowest BCUT2D eigenvalue weighted by molar-refractivity contribution is -0.159. The van der Waals surface area contributed by atoms with Crippen molar-refractivity contribution in [3.8, 4) is 11.4 Å². The van der Waals surface area contributed by atoms with Crippen LogP contribution in [0.2, 0.25) is 5.02 Å². The maximum Gasteiger partial charge on any atom is 0.471 e. The number of nitrogens with one attached hydrogen (secondary N) is 1. The van der Waals surface area contributed by atoms with Crippen LogP contribution in [0.3, 0.4) is 0 Å². The third-order valence-electron chi connectivity index (χ3n) is 3.92. The monoisotopic (exact) mass is 409 g/mol. The maximum atomic E-state index is 12.5. The molecular weight excluding hydrogens is 395 g/mol. The number of halogens is 4. The average Bonchev–Trinajstić information content (AvgIpc) is 3.17. The Hall–Kier alpha value is -2.87. The zero-order chi connectivity index (χ0) is 20.1. The van der Waals surface area contributed by atoms with Crippen LogP contribution >= 0.6 is 11.6 Å². The Labute approximate surface area is 163 Å². The number of aromatic nitrogens is 2. The molecule has 0 radical (unpaired) electrons. The first-order valence-electron chi connectivity index (χ1n) is 8.32. The van der Waals surface area contributed by atoms with E-state index in [1.165, 1.54) is 0 Å². The van der Waals surface area contributed by atoms with Crippen molar-refractivity contribution in [2.24, 2.45) is 0 Å². The molecule has 1 aromatic heterocycles. The van der Waals surface area contributed by atoms with Crippen molar-refractivity contribution in [1.29, 1.82) is 0 Å². The van der Waals surface area contributed by atoms with Crippen molar-refractivity contribution in [2.45, 2.75) is 25.6 Å². The summed E-state index contributed by atoms with van der Waals surface area (Å²) in [5.74, 6) is -1.64. The van der Waals surface area contributed by atoms with Crippen LogP contribution in [0.5, 0.6) is 0 Å². The highest BCUT2D eigenvalue weighted by atomic mass is 35.5. The summed E-state index contributed by atoms with van der Waals surface area (Å²) in [6.45, 7) is 0.305. The summed E-state index contributed by atoms with van der Waals surface area (Å²) in [6, 6.07) is 13.8. The van der Waals surface area contributed by atoms with Gasteiger partial charge in [0.05, 0.1) is 0 Å². The highest BCUT2D eigenvalue weighted by Crippen LogP contribution is 2.29. The predicted molar refractivity (Wildman–Crippen MR) is 96.4 cm³/mol. The van der Waals surface area contributed by atoms with Gasteiger partial charge in [0.1, 0.15) is 0 Å². The number of hydrogen-bond acceptors (Lipinski definition) is 4. The van der Waals surface area contributed by atoms with Crippen LogP contribution in [0.25, 0.3) is 11.4 Å². The van der Waals surface area contributed by atoms with Gasteiger partial charge in [0.15, 0.2) is 0 Å². The first kappa shape index (κ1) is 19.9. The number of benzene rings is 2. The molecule has 146 valence electrons. The van der Waals surface area contributed by atoms with Crippen LogP contribution in [-0.2, 0) is 23.9 Å². The van der Waals surface area contributed by atoms with Crippen molar-refractivity contribution in [2.75, 3.05) is 0 Å². The van der Waals surface area contributed by atoms with Gasteiger partial charge in [-0.2, -0.15) is 18.2 Å². The molecule has 0 saturated carbocycles. The van der Waals surface area contributed by atoms with Gasteiger partial charge in [-0.05, 0) is 29.7 Å². The number of alkyl halides is 3. The molecule has 0 aliphatic carbocycles. The Balaban J connectivity index is 1.50. The van der Waals surface area contributed by atoms with Crippen LogP contribution < -0.4 is 5.32 Å². The molecule has 1 N–H and O–H groups in total. The molecule has 0 aliphatic heterocycles. The van der Waals surface area contributed by atoms with E-state index in [0.717, 1.165) is 11.1 Å². The number of amides is 1. The van der Waals surface area contributed by atoms with E-state index >= 15 is 0 Å². The van der Waals surface area contributed by atoms with Gasteiger partial charge >= 0.3 is 12.1 Å². The quantitative estimate of drug-likeness (QED) is 0.643. The number of hydrogen-bond donors (Lipinski definition) is 1. The Morgan fingerprint density at radius 2 is 1.68 bits per heavy atom. The third kappa shape index (κ3) is 5.32. The summed E-state index contributed by atoms with van der Waals surface area (Å²) in [7, 11) is 0. The number of rotatable bonds is 6. The molecule has 1 heterocycles. The van der Waals surface area contributed by atoms with Gasteiger partial charge in [-0.15, -0.1) is 0 Å². The Morgan fingerprint density at radius 1 is 1.04 bits per heavy atom. The normalized spacial score (nSPS) is 11.4. The smallest absolute Gasteiger partial charge is 0.352 e. The van der Waals surface area contributed by atoms with E-state index in [4.69, 9.17) is 11.6 Å². The number of carbonyl (C=O) groups is 1. The van der Waals surface area contributed by atoms with Crippen molar-refractivity contribution >= 4 is 17.5 Å². The largest absolute Gasteiger partial charge is 0.471 e. The van der Waals surface area contributed by atoms with E-state index in [1.807, 2.05) is 12.1 Å². The van der Waals surface area contributed by atoms with Gasteiger partial charge in [-0.1, -0.05) is 53.2 Å². The van der Waals surface area contributed by atoms with E-state index in [2.05, 4.69) is 20.0 Å². The van der Waals surface area contributed by atoms with E-state index < -0.39 is 12.1 Å². The van der Waals surface area contributed by atoms with Crippen molar-refractivity contribution in [1.82, 2.24) is 15.5 Å². The number of nitrogens with zero attached hydrogens (tertiary/aromatic N) is 2. The van der Waals surface area contributed by atoms with Gasteiger partial charge in [0, 0.05) is 23.6 Å². The zero-order valence-corrected chi connectivity index (χ0v) is 15.2. The molecule has 28 heavy (non-hydrogen) atoms. The first-order valence-corrected chi connectivity index (χ1v) is 8.70. The van der Waals surface area contributed by atoms with Crippen LogP contribution in [0.4, 0.5) is 13.2 Å². The van der Waals surface area contributed by atoms with Crippen molar-refractivity contribution < 1.29 is 22.5 Å². The molecule has 2 aromatic carbocycles. The van der Waals surface area contributed by atoms with Crippen molar-refractivity contribution in [3.05, 3.63) is 70.6 Å². The highest BCUT2D eigenvalue weighted by Gasteiger charge is 2.38. The lowest BCUT2D eigenvalue weighted by Crippen LogP contribution is -2.22. The molecule has 9 heteroatoms. The van der Waals surface area contributed by atoms with Gasteiger partial charge in [0.25, 0.3) is 0 Å². The molecule has 0 fully saturated rings. The van der Waals surface area contributed by atoms with Crippen LogP contribution in [0, 0.1) is 0 Å². The van der Waals surface area contributed by atoms with Crippen LogP contribution in [0.15, 0.2) is 53.1 Å². The molecule has 0 spiro atoms. The molecule has 3 aromatic rings. The lowest BCUT2D eigenvalue weighted by atomic mass is 10.1. The van der Waals surface area contributed by atoms with Gasteiger partial charge in [-0.3, -0.25) is 4.79 Å². The first-order chi connectivity index (χ1) is 13.3. The standard InChI is InChI=1S/C19H15ClF3N3O2/c20-15-8-3-12(4-9-15)5-10-16(27)24-11-13-1-6-14(7-2-13)17-25-18(28-26-17)19(21,22)23/h1-4,6-9H,5,10-11H2,(H,24,27). The molecule has 0 saturated heterocycles. The number of carbonyl (C=O) groups excluding carboxylic acids is 1. The summed E-state index contributed by atoms with van der Waals surface area (Å²) in [5, 5.41) is 6.78. The molecule has 0 atom stereocenters. The number of aryl methyl sites for hydroxylation is 1. The predicted octanol–water partition coefficient (Wildman–Crippen LogP) is 4.66. The van der Waals surface area contributed by atoms with E-state index in [0.29, 0.717) is 30.0 Å². The minimum Gasteiger partial charge on any atom is -0.352 e. The summed E-state index contributed by atoms with van der Waals surface area (Å²) >= 11 is 5.82. The van der Waals surface area contributed by atoms with E-state index in [9.17, 15) is 18.0 Å². The fourth-order valence-corrected chi connectivity index (χ4v) is 2.55. The second kappa shape index (κ2) is 8.43.